The van der Waals surface area contributed by atoms with Gasteiger partial charge in [-0.25, -0.2) is 26.5 Å². The van der Waals surface area contributed by atoms with Crippen LogP contribution in [0.5, 0.6) is 0 Å². The molecule has 0 aliphatic rings. The number of H-pyrrole nitrogens is 1. The van der Waals surface area contributed by atoms with E-state index >= 15 is 0 Å². The molecule has 1 aromatic carbocycles. The Kier molecular flexibility index (Phi) is 3.57. The summed E-state index contributed by atoms with van der Waals surface area (Å²) in [5.41, 5.74) is -0.825. The second-order valence-corrected chi connectivity index (χ2v) is 6.52. The van der Waals surface area contributed by atoms with Gasteiger partial charge in [-0.15, -0.1) is 0 Å². The molecule has 0 atom stereocenters. The minimum absolute atomic E-state index is 0.100. The highest BCUT2D eigenvalue weighted by atomic mass is 32.2. The van der Waals surface area contributed by atoms with Crippen LogP contribution >= 0.6 is 0 Å². The fourth-order valence-electron chi connectivity index (χ4n) is 1.55. The van der Waals surface area contributed by atoms with Crippen LogP contribution in [0.2, 0.25) is 0 Å². The molecule has 9 heteroatoms. The predicted octanol–water partition coefficient (Wildman–Crippen LogP) is 0.593. The first-order valence-electron chi connectivity index (χ1n) is 5.49. The number of hydrogen-bond donors (Lipinski definition) is 1. The lowest BCUT2D eigenvalue weighted by Gasteiger charge is -2.10. The Labute approximate surface area is 113 Å². The Hall–Kier alpha value is -1.87. The largest absolute Gasteiger partial charge is 0.309 e. The van der Waals surface area contributed by atoms with Crippen molar-refractivity contribution in [2.24, 2.45) is 0 Å². The van der Waals surface area contributed by atoms with Crippen molar-refractivity contribution in [2.45, 2.75) is 5.75 Å². The molecular formula is C11H11F2N3O3S. The van der Waals surface area contributed by atoms with E-state index in [1.807, 2.05) is 0 Å². The van der Waals surface area contributed by atoms with E-state index in [4.69, 9.17) is 0 Å². The van der Waals surface area contributed by atoms with Crippen molar-refractivity contribution in [2.75, 3.05) is 14.1 Å². The molecule has 0 aliphatic carbocycles. The quantitative estimate of drug-likeness (QED) is 0.899. The average molecular weight is 303 g/mol. The third-order valence-corrected chi connectivity index (χ3v) is 4.42. The van der Waals surface area contributed by atoms with E-state index < -0.39 is 33.0 Å². The second-order valence-electron chi connectivity index (χ2n) is 4.33. The highest BCUT2D eigenvalue weighted by Gasteiger charge is 2.17. The molecule has 0 bridgehead atoms. The zero-order chi connectivity index (χ0) is 15.1. The molecule has 108 valence electrons. The van der Waals surface area contributed by atoms with Gasteiger partial charge in [0, 0.05) is 20.2 Å². The molecule has 1 aromatic heterocycles. The molecule has 0 amide bonds. The molecule has 0 saturated heterocycles. The lowest BCUT2D eigenvalue weighted by atomic mass is 10.2. The highest BCUT2D eigenvalue weighted by molar-refractivity contribution is 7.88. The summed E-state index contributed by atoms with van der Waals surface area (Å²) in [4.78, 5) is 17.8. The van der Waals surface area contributed by atoms with Crippen LogP contribution in [0.4, 0.5) is 8.78 Å². The number of halogens is 2. The van der Waals surface area contributed by atoms with Gasteiger partial charge < -0.3 is 4.98 Å². The van der Waals surface area contributed by atoms with E-state index in [1.165, 1.54) is 14.1 Å². The summed E-state index contributed by atoms with van der Waals surface area (Å²) in [7, 11) is -0.948. The van der Waals surface area contributed by atoms with E-state index in [1.54, 1.807) is 0 Å². The maximum Gasteiger partial charge on any atom is 0.258 e. The Morgan fingerprint density at radius 3 is 2.45 bits per heavy atom. The third-order valence-electron chi connectivity index (χ3n) is 2.67. The van der Waals surface area contributed by atoms with Crippen molar-refractivity contribution in [3.8, 4) is 0 Å². The first kappa shape index (κ1) is 14.5. The first-order valence-corrected chi connectivity index (χ1v) is 7.10. The van der Waals surface area contributed by atoms with Gasteiger partial charge in [0.15, 0.2) is 11.6 Å². The van der Waals surface area contributed by atoms with Gasteiger partial charge in [0.25, 0.3) is 5.56 Å². The van der Waals surface area contributed by atoms with Gasteiger partial charge in [-0.1, -0.05) is 0 Å². The molecule has 2 rings (SSSR count). The summed E-state index contributed by atoms with van der Waals surface area (Å²) in [5.74, 6) is -3.00. The number of aromatic nitrogens is 2. The Morgan fingerprint density at radius 1 is 1.25 bits per heavy atom. The number of fused-ring (bicyclic) bond motifs is 1. The molecule has 20 heavy (non-hydrogen) atoms. The molecule has 0 fully saturated rings. The van der Waals surface area contributed by atoms with Crippen molar-refractivity contribution in [1.82, 2.24) is 14.3 Å². The van der Waals surface area contributed by atoms with Crippen LogP contribution in [0.1, 0.15) is 5.82 Å². The Balaban J connectivity index is 2.59. The number of rotatable bonds is 3. The van der Waals surface area contributed by atoms with Crippen LogP contribution in [0.15, 0.2) is 16.9 Å². The molecule has 2 aromatic rings. The molecule has 6 nitrogen and oxygen atoms in total. The molecule has 1 heterocycles. The summed E-state index contributed by atoms with van der Waals surface area (Å²) in [6, 6.07) is 1.48. The fraction of sp³-hybridized carbons (Fsp3) is 0.273. The first-order chi connectivity index (χ1) is 9.20. The van der Waals surface area contributed by atoms with Gasteiger partial charge in [0.2, 0.25) is 10.0 Å². The maximum atomic E-state index is 13.1. The van der Waals surface area contributed by atoms with Crippen LogP contribution in [-0.4, -0.2) is 36.8 Å². The minimum Gasteiger partial charge on any atom is -0.309 e. The molecule has 0 unspecified atom stereocenters. The van der Waals surface area contributed by atoms with Gasteiger partial charge in [0.1, 0.15) is 11.6 Å². The zero-order valence-corrected chi connectivity index (χ0v) is 11.5. The Bertz CT molecular complexity index is 831. The SMILES string of the molecule is CN(C)S(=O)(=O)Cc1nc2cc(F)c(F)cc2c(=O)[nH]1. The van der Waals surface area contributed by atoms with Gasteiger partial charge >= 0.3 is 0 Å². The van der Waals surface area contributed by atoms with E-state index in [-0.39, 0.29) is 16.7 Å². The van der Waals surface area contributed by atoms with Gasteiger partial charge in [-0.3, -0.25) is 4.79 Å². The number of nitrogens with zero attached hydrogens (tertiary/aromatic N) is 2. The third kappa shape index (κ3) is 2.68. The lowest BCUT2D eigenvalue weighted by Crippen LogP contribution is -2.26. The van der Waals surface area contributed by atoms with Crippen LogP contribution in [0, 0.1) is 11.6 Å². The average Bonchev–Trinajstić information content (AvgIpc) is 2.31. The Morgan fingerprint density at radius 2 is 1.85 bits per heavy atom. The minimum atomic E-state index is -3.62. The topological polar surface area (TPSA) is 83.1 Å². The number of nitrogens with one attached hydrogen (secondary N) is 1. The number of sulfonamides is 1. The normalized spacial score (nSPS) is 12.2. The number of benzene rings is 1. The van der Waals surface area contributed by atoms with E-state index in [2.05, 4.69) is 9.97 Å². The van der Waals surface area contributed by atoms with Gasteiger partial charge in [0.05, 0.1) is 10.9 Å². The molecular weight excluding hydrogens is 292 g/mol. The summed E-state index contributed by atoms with van der Waals surface area (Å²) in [6.07, 6.45) is 0. The van der Waals surface area contributed by atoms with Crippen LogP contribution in [0.3, 0.4) is 0 Å². The highest BCUT2D eigenvalue weighted by Crippen LogP contribution is 2.14. The number of hydrogen-bond acceptors (Lipinski definition) is 4. The van der Waals surface area contributed by atoms with E-state index in [0.717, 1.165) is 16.4 Å². The molecule has 0 aliphatic heterocycles. The molecule has 0 saturated carbocycles. The summed E-state index contributed by atoms with van der Waals surface area (Å²) < 4.78 is 50.5. The molecule has 1 N–H and O–H groups in total. The van der Waals surface area contributed by atoms with E-state index in [0.29, 0.717) is 0 Å². The monoisotopic (exact) mass is 303 g/mol. The summed E-state index contributed by atoms with van der Waals surface area (Å²) in [5, 5.41) is -0.144. The molecule has 0 spiro atoms. The van der Waals surface area contributed by atoms with Crippen molar-refractivity contribution >= 4 is 20.9 Å². The zero-order valence-electron chi connectivity index (χ0n) is 10.6. The van der Waals surface area contributed by atoms with E-state index in [9.17, 15) is 22.0 Å². The maximum absolute atomic E-state index is 13.1. The van der Waals surface area contributed by atoms with Gasteiger partial charge in [-0.2, -0.15) is 0 Å². The van der Waals surface area contributed by atoms with Gasteiger partial charge in [-0.05, 0) is 6.07 Å². The van der Waals surface area contributed by atoms with Crippen molar-refractivity contribution in [3.05, 3.63) is 39.9 Å². The van der Waals surface area contributed by atoms with Crippen LogP contribution in [-0.2, 0) is 15.8 Å². The van der Waals surface area contributed by atoms with Crippen LogP contribution < -0.4 is 5.56 Å². The van der Waals surface area contributed by atoms with Crippen molar-refractivity contribution < 1.29 is 17.2 Å². The standard InChI is InChI=1S/C11H11F2N3O3S/c1-16(2)20(18,19)5-10-14-9-4-8(13)7(12)3-6(9)11(17)15-10/h3-4H,5H2,1-2H3,(H,14,15,17). The molecule has 0 radical (unpaired) electrons. The lowest BCUT2D eigenvalue weighted by molar-refractivity contribution is 0.510. The van der Waals surface area contributed by atoms with Crippen LogP contribution in [0.25, 0.3) is 10.9 Å². The van der Waals surface area contributed by atoms with Crippen molar-refractivity contribution in [1.29, 1.82) is 0 Å². The predicted molar refractivity (Wildman–Crippen MR) is 68.6 cm³/mol. The summed E-state index contributed by atoms with van der Waals surface area (Å²) in [6.45, 7) is 0. The number of aromatic amines is 1. The second kappa shape index (κ2) is 4.91. The van der Waals surface area contributed by atoms with Crippen molar-refractivity contribution in [3.63, 3.8) is 0 Å². The summed E-state index contributed by atoms with van der Waals surface area (Å²) >= 11 is 0. The smallest absolute Gasteiger partial charge is 0.258 e. The fourth-order valence-corrected chi connectivity index (χ4v) is 2.29.